The van der Waals surface area contributed by atoms with E-state index in [9.17, 15) is 14.7 Å². The maximum absolute atomic E-state index is 11.2. The Bertz CT molecular complexity index is 1120. The Hall–Kier alpha value is -4.06. The number of benzene rings is 3. The van der Waals surface area contributed by atoms with Gasteiger partial charge in [-0.2, -0.15) is 0 Å². The van der Waals surface area contributed by atoms with Gasteiger partial charge in [0.15, 0.2) is 0 Å². The van der Waals surface area contributed by atoms with E-state index in [1.54, 1.807) is 18.2 Å². The molecule has 0 saturated heterocycles. The van der Waals surface area contributed by atoms with Gasteiger partial charge in [0.2, 0.25) is 0 Å². The molecule has 0 heterocycles. The number of aryl methyl sites for hydroxylation is 1. The highest BCUT2D eigenvalue weighted by Gasteiger charge is 2.19. The molecule has 0 bridgehead atoms. The standard InChI is InChI=1S/C27H26O6/c1-19-7-5-6-10-23(19)24(14-16-27(30)31)33-25-17-22(13-11-21(25)12-15-26(28)29)32-18-20-8-3-2-4-9-20/h2-13,15,17,24H,14,16,18H2,1H3,(H,28,29)(H,30,31)/b15-12+/t24-/m0/s1. The van der Waals surface area contributed by atoms with Gasteiger partial charge in [0.05, 0.1) is 0 Å². The van der Waals surface area contributed by atoms with Crippen molar-refractivity contribution in [2.45, 2.75) is 32.5 Å². The molecule has 0 radical (unpaired) electrons. The Morgan fingerprint density at radius 2 is 1.70 bits per heavy atom. The molecule has 33 heavy (non-hydrogen) atoms. The van der Waals surface area contributed by atoms with E-state index in [-0.39, 0.29) is 12.8 Å². The fraction of sp³-hybridized carbons (Fsp3) is 0.185. The summed E-state index contributed by atoms with van der Waals surface area (Å²) in [6.07, 6.45) is 2.15. The van der Waals surface area contributed by atoms with Crippen LogP contribution in [0.5, 0.6) is 11.5 Å². The van der Waals surface area contributed by atoms with Crippen LogP contribution in [0, 0.1) is 6.92 Å². The van der Waals surface area contributed by atoms with Gasteiger partial charge in [-0.1, -0.05) is 54.6 Å². The summed E-state index contributed by atoms with van der Waals surface area (Å²) in [7, 11) is 0. The fourth-order valence-corrected chi connectivity index (χ4v) is 3.38. The number of carboxylic acid groups (broad SMARTS) is 2. The van der Waals surface area contributed by atoms with Crippen LogP contribution < -0.4 is 9.47 Å². The van der Waals surface area contributed by atoms with Gasteiger partial charge in [-0.3, -0.25) is 4.79 Å². The van der Waals surface area contributed by atoms with Gasteiger partial charge in [-0.15, -0.1) is 0 Å². The minimum Gasteiger partial charge on any atom is -0.489 e. The van der Waals surface area contributed by atoms with Crippen LogP contribution in [0.25, 0.3) is 6.08 Å². The van der Waals surface area contributed by atoms with E-state index in [1.165, 1.54) is 6.08 Å². The summed E-state index contributed by atoms with van der Waals surface area (Å²) in [5.74, 6) is -1.02. The van der Waals surface area contributed by atoms with Crippen LogP contribution in [0.15, 0.2) is 78.9 Å². The normalized spacial score (nSPS) is 11.8. The molecule has 3 rings (SSSR count). The van der Waals surface area contributed by atoms with Crippen molar-refractivity contribution in [1.29, 1.82) is 0 Å². The zero-order valence-electron chi connectivity index (χ0n) is 18.3. The van der Waals surface area contributed by atoms with E-state index in [4.69, 9.17) is 14.6 Å². The van der Waals surface area contributed by atoms with Crippen molar-refractivity contribution in [1.82, 2.24) is 0 Å². The first-order valence-corrected chi connectivity index (χ1v) is 10.6. The van der Waals surface area contributed by atoms with Crippen molar-refractivity contribution >= 4 is 18.0 Å². The summed E-state index contributed by atoms with van der Waals surface area (Å²) in [6, 6.07) is 22.5. The molecule has 3 aromatic carbocycles. The predicted molar refractivity (Wildman–Crippen MR) is 125 cm³/mol. The Labute approximate surface area is 192 Å². The molecule has 0 spiro atoms. The van der Waals surface area contributed by atoms with Crippen molar-refractivity contribution in [3.8, 4) is 11.5 Å². The van der Waals surface area contributed by atoms with Crippen molar-refractivity contribution in [2.75, 3.05) is 0 Å². The molecule has 0 aromatic heterocycles. The number of hydrogen-bond donors (Lipinski definition) is 2. The molecule has 0 fully saturated rings. The molecule has 6 heteroatoms. The molecule has 3 aromatic rings. The van der Waals surface area contributed by atoms with Gasteiger partial charge in [0, 0.05) is 24.1 Å². The van der Waals surface area contributed by atoms with Crippen LogP contribution in [-0.2, 0) is 16.2 Å². The third kappa shape index (κ3) is 7.25. The van der Waals surface area contributed by atoms with E-state index in [1.807, 2.05) is 61.5 Å². The molecule has 2 N–H and O–H groups in total. The quantitative estimate of drug-likeness (QED) is 0.369. The molecule has 0 unspecified atom stereocenters. The number of rotatable bonds is 11. The molecule has 0 aliphatic carbocycles. The molecule has 0 amide bonds. The lowest BCUT2D eigenvalue weighted by atomic mass is 9.99. The highest BCUT2D eigenvalue weighted by molar-refractivity contribution is 5.86. The van der Waals surface area contributed by atoms with Crippen molar-refractivity contribution in [3.63, 3.8) is 0 Å². The second kappa shape index (κ2) is 11.5. The minimum atomic E-state index is -1.08. The predicted octanol–water partition coefficient (Wildman–Crippen LogP) is 5.66. The second-order valence-corrected chi connectivity index (χ2v) is 7.54. The van der Waals surface area contributed by atoms with Crippen LogP contribution in [0.3, 0.4) is 0 Å². The Morgan fingerprint density at radius 1 is 0.970 bits per heavy atom. The van der Waals surface area contributed by atoms with Gasteiger partial charge in [-0.25, -0.2) is 4.79 Å². The summed E-state index contributed by atoms with van der Waals surface area (Å²) in [6.45, 7) is 2.31. The highest BCUT2D eigenvalue weighted by Crippen LogP contribution is 2.33. The SMILES string of the molecule is Cc1ccccc1[C@H](CCC(=O)O)Oc1cc(OCc2ccccc2)ccc1/C=C/C(=O)O. The van der Waals surface area contributed by atoms with E-state index >= 15 is 0 Å². The average molecular weight is 446 g/mol. The zero-order chi connectivity index (χ0) is 23.6. The zero-order valence-corrected chi connectivity index (χ0v) is 18.3. The minimum absolute atomic E-state index is 0.0660. The van der Waals surface area contributed by atoms with Crippen molar-refractivity contribution in [2.24, 2.45) is 0 Å². The lowest BCUT2D eigenvalue weighted by Crippen LogP contribution is -2.12. The molecular weight excluding hydrogens is 420 g/mol. The monoisotopic (exact) mass is 446 g/mol. The first kappa shape index (κ1) is 23.6. The maximum atomic E-state index is 11.2. The largest absolute Gasteiger partial charge is 0.489 e. The van der Waals surface area contributed by atoms with Gasteiger partial charge in [-0.05, 0) is 48.2 Å². The molecule has 0 aliphatic heterocycles. The molecule has 170 valence electrons. The molecule has 0 aliphatic rings. The van der Waals surface area contributed by atoms with Crippen LogP contribution in [0.2, 0.25) is 0 Å². The third-order valence-corrected chi connectivity index (χ3v) is 5.06. The van der Waals surface area contributed by atoms with Crippen LogP contribution in [0.1, 0.15) is 41.2 Å². The van der Waals surface area contributed by atoms with Crippen molar-refractivity contribution in [3.05, 3.63) is 101 Å². The molecule has 0 saturated carbocycles. The summed E-state index contributed by atoms with van der Waals surface area (Å²) in [4.78, 5) is 22.3. The molecule has 6 nitrogen and oxygen atoms in total. The van der Waals surface area contributed by atoms with E-state index in [2.05, 4.69) is 0 Å². The third-order valence-electron chi connectivity index (χ3n) is 5.06. The number of ether oxygens (including phenoxy) is 2. The van der Waals surface area contributed by atoms with Gasteiger partial charge >= 0.3 is 11.9 Å². The van der Waals surface area contributed by atoms with E-state index in [0.717, 1.165) is 22.8 Å². The van der Waals surface area contributed by atoms with E-state index < -0.39 is 18.0 Å². The molecular formula is C27H26O6. The summed E-state index contributed by atoms with van der Waals surface area (Å²) < 4.78 is 12.2. The van der Waals surface area contributed by atoms with Crippen LogP contribution in [0.4, 0.5) is 0 Å². The van der Waals surface area contributed by atoms with Gasteiger partial charge in [0.1, 0.15) is 24.2 Å². The number of carboxylic acids is 2. The topological polar surface area (TPSA) is 93.1 Å². The summed E-state index contributed by atoms with van der Waals surface area (Å²) in [5.41, 5.74) is 3.42. The van der Waals surface area contributed by atoms with Crippen LogP contribution in [-0.4, -0.2) is 22.2 Å². The Kier molecular flexibility index (Phi) is 8.24. The molecule has 1 atom stereocenters. The van der Waals surface area contributed by atoms with Gasteiger partial charge < -0.3 is 19.7 Å². The lowest BCUT2D eigenvalue weighted by Gasteiger charge is -2.22. The maximum Gasteiger partial charge on any atom is 0.328 e. The second-order valence-electron chi connectivity index (χ2n) is 7.54. The van der Waals surface area contributed by atoms with E-state index in [0.29, 0.717) is 23.7 Å². The highest BCUT2D eigenvalue weighted by atomic mass is 16.5. The summed E-state index contributed by atoms with van der Waals surface area (Å²) in [5, 5.41) is 18.3. The number of aliphatic carboxylic acids is 2. The average Bonchev–Trinajstić information content (AvgIpc) is 2.80. The Morgan fingerprint density at radius 3 is 2.39 bits per heavy atom. The van der Waals surface area contributed by atoms with Crippen molar-refractivity contribution < 1.29 is 29.3 Å². The van der Waals surface area contributed by atoms with Gasteiger partial charge in [0.25, 0.3) is 0 Å². The lowest BCUT2D eigenvalue weighted by molar-refractivity contribution is -0.137. The fourth-order valence-electron chi connectivity index (χ4n) is 3.38. The summed E-state index contributed by atoms with van der Waals surface area (Å²) >= 11 is 0. The first-order valence-electron chi connectivity index (χ1n) is 10.6. The first-order chi connectivity index (χ1) is 15.9. The number of hydrogen-bond acceptors (Lipinski definition) is 4. The Balaban J connectivity index is 1.91. The number of carbonyl (C=O) groups is 2. The smallest absolute Gasteiger partial charge is 0.328 e. The van der Waals surface area contributed by atoms with Crippen LogP contribution >= 0.6 is 0 Å².